The van der Waals surface area contributed by atoms with Crippen LogP contribution in [0.25, 0.3) is 0 Å². The van der Waals surface area contributed by atoms with Crippen molar-refractivity contribution in [2.24, 2.45) is 0 Å². The Balaban J connectivity index is 2.08. The average molecular weight is 401 g/mol. The van der Waals surface area contributed by atoms with Crippen molar-refractivity contribution < 1.29 is 24.8 Å². The van der Waals surface area contributed by atoms with E-state index in [2.05, 4.69) is 0 Å². The van der Waals surface area contributed by atoms with Crippen LogP contribution in [0.2, 0.25) is 5.02 Å². The van der Waals surface area contributed by atoms with Crippen molar-refractivity contribution in [2.75, 3.05) is 4.43 Å². The van der Waals surface area contributed by atoms with Gasteiger partial charge in [0.25, 0.3) is 0 Å². The molecule has 1 aliphatic rings. The van der Waals surface area contributed by atoms with Crippen molar-refractivity contribution in [1.29, 1.82) is 0 Å². The number of hydrogen-bond donors (Lipinski definition) is 3. The molecule has 5 atom stereocenters. The molecule has 0 spiro atoms. The van der Waals surface area contributed by atoms with E-state index in [4.69, 9.17) is 21.1 Å². The van der Waals surface area contributed by atoms with Gasteiger partial charge in [0.1, 0.15) is 24.1 Å². The molecule has 3 N–H and O–H groups in total. The number of benzene rings is 1. The molecule has 1 heterocycles. The summed E-state index contributed by atoms with van der Waals surface area (Å²) in [7, 11) is 0. The molecule has 0 radical (unpaired) electrons. The molecule has 1 saturated heterocycles. The second kappa shape index (κ2) is 6.55. The maximum Gasteiger partial charge on any atom is 0.229 e. The van der Waals surface area contributed by atoms with Gasteiger partial charge in [-0.15, -0.1) is 0 Å². The van der Waals surface area contributed by atoms with Gasteiger partial charge in [0.05, 0.1) is 6.10 Å². The highest BCUT2D eigenvalue weighted by Crippen LogP contribution is 2.25. The first-order chi connectivity index (χ1) is 9.02. The molecule has 5 nitrogen and oxygen atoms in total. The second-order valence-corrected chi connectivity index (χ2v) is 5.56. The Morgan fingerprint density at radius 1 is 1.11 bits per heavy atom. The van der Waals surface area contributed by atoms with E-state index in [0.29, 0.717) is 15.2 Å². The third-order valence-electron chi connectivity index (χ3n) is 2.89. The van der Waals surface area contributed by atoms with Crippen LogP contribution in [0.3, 0.4) is 0 Å². The van der Waals surface area contributed by atoms with Crippen LogP contribution in [0.5, 0.6) is 5.75 Å². The summed E-state index contributed by atoms with van der Waals surface area (Å²) in [6.07, 6.45) is -5.36. The molecule has 7 heteroatoms. The zero-order valence-electron chi connectivity index (χ0n) is 9.82. The molecule has 2 rings (SSSR count). The zero-order chi connectivity index (χ0) is 14.0. The number of ether oxygens (including phenoxy) is 2. The van der Waals surface area contributed by atoms with Gasteiger partial charge in [0.2, 0.25) is 6.29 Å². The summed E-state index contributed by atoms with van der Waals surface area (Å²) in [4.78, 5) is 0. The van der Waals surface area contributed by atoms with E-state index in [1.54, 1.807) is 24.3 Å². The van der Waals surface area contributed by atoms with Crippen LogP contribution < -0.4 is 4.74 Å². The van der Waals surface area contributed by atoms with Gasteiger partial charge in [-0.2, -0.15) is 0 Å². The lowest BCUT2D eigenvalue weighted by molar-refractivity contribution is -0.266. The first kappa shape index (κ1) is 15.3. The zero-order valence-corrected chi connectivity index (χ0v) is 12.7. The van der Waals surface area contributed by atoms with Gasteiger partial charge in [-0.25, -0.2) is 0 Å². The Kier molecular flexibility index (Phi) is 5.27. The normalized spacial score (nSPS) is 35.1. The van der Waals surface area contributed by atoms with Gasteiger partial charge < -0.3 is 24.8 Å². The van der Waals surface area contributed by atoms with E-state index in [1.807, 2.05) is 22.6 Å². The Morgan fingerprint density at radius 3 is 2.32 bits per heavy atom. The molecule has 1 aliphatic heterocycles. The van der Waals surface area contributed by atoms with Crippen LogP contribution in [-0.4, -0.2) is 50.5 Å². The number of rotatable bonds is 3. The van der Waals surface area contributed by atoms with Crippen molar-refractivity contribution in [3.63, 3.8) is 0 Å². The molecular formula is C12H14ClIO5. The van der Waals surface area contributed by atoms with Crippen molar-refractivity contribution in [3.8, 4) is 5.75 Å². The first-order valence-corrected chi connectivity index (χ1v) is 7.61. The fourth-order valence-electron chi connectivity index (χ4n) is 1.79. The Bertz CT molecular complexity index is 413. The Hall–Kier alpha value is -0.120. The molecule has 1 aromatic carbocycles. The number of hydrogen-bond acceptors (Lipinski definition) is 5. The van der Waals surface area contributed by atoms with Gasteiger partial charge in [0.15, 0.2) is 0 Å². The SMILES string of the molecule is O[C@@H]1[C@@H](O)[C@@H](Oc2ccc(Cl)cc2)O[C@H](CI)[C@H]1O. The highest BCUT2D eigenvalue weighted by molar-refractivity contribution is 14.1. The summed E-state index contributed by atoms with van der Waals surface area (Å²) >= 11 is 7.79. The molecule has 0 aromatic heterocycles. The summed E-state index contributed by atoms with van der Waals surface area (Å²) in [5.41, 5.74) is 0. The molecule has 0 bridgehead atoms. The van der Waals surface area contributed by atoms with E-state index >= 15 is 0 Å². The van der Waals surface area contributed by atoms with Gasteiger partial charge in [-0.3, -0.25) is 0 Å². The summed E-state index contributed by atoms with van der Waals surface area (Å²) in [5.74, 6) is 0.462. The van der Waals surface area contributed by atoms with Gasteiger partial charge >= 0.3 is 0 Å². The van der Waals surface area contributed by atoms with Crippen molar-refractivity contribution >= 4 is 34.2 Å². The van der Waals surface area contributed by atoms with Crippen LogP contribution in [-0.2, 0) is 4.74 Å². The van der Waals surface area contributed by atoms with E-state index in [9.17, 15) is 15.3 Å². The van der Waals surface area contributed by atoms with Crippen LogP contribution >= 0.6 is 34.2 Å². The summed E-state index contributed by atoms with van der Waals surface area (Å²) in [6, 6.07) is 6.56. The predicted octanol–water partition coefficient (Wildman–Crippen LogP) is 0.961. The van der Waals surface area contributed by atoms with Crippen LogP contribution in [0, 0.1) is 0 Å². The van der Waals surface area contributed by atoms with Crippen LogP contribution in [0.4, 0.5) is 0 Å². The lowest BCUT2D eigenvalue weighted by atomic mass is 10.00. The molecule has 1 fully saturated rings. The summed E-state index contributed by atoms with van der Waals surface area (Å²) in [6.45, 7) is 0. The highest BCUT2D eigenvalue weighted by Gasteiger charge is 2.44. The first-order valence-electron chi connectivity index (χ1n) is 5.71. The minimum atomic E-state index is -1.31. The third kappa shape index (κ3) is 3.50. The third-order valence-corrected chi connectivity index (χ3v) is 4.01. The minimum absolute atomic E-state index is 0.462. The van der Waals surface area contributed by atoms with Crippen molar-refractivity contribution in [2.45, 2.75) is 30.7 Å². The topological polar surface area (TPSA) is 79.2 Å². The molecule has 0 amide bonds. The Labute approximate surface area is 129 Å². The average Bonchev–Trinajstić information content (AvgIpc) is 2.42. The molecule has 0 unspecified atom stereocenters. The standard InChI is InChI=1S/C12H14ClIO5/c13-6-1-3-7(4-2-6)18-12-11(17)10(16)9(15)8(5-14)19-12/h1-4,8-12,15-17H,5H2/t8-,9-,10+,11-,12+/m1/s1. The van der Waals surface area contributed by atoms with Crippen LogP contribution in [0.1, 0.15) is 0 Å². The minimum Gasteiger partial charge on any atom is -0.462 e. The van der Waals surface area contributed by atoms with Crippen molar-refractivity contribution in [3.05, 3.63) is 29.3 Å². The molecule has 106 valence electrons. The monoisotopic (exact) mass is 400 g/mol. The quantitative estimate of drug-likeness (QED) is 0.520. The van der Waals surface area contributed by atoms with Crippen molar-refractivity contribution in [1.82, 2.24) is 0 Å². The largest absolute Gasteiger partial charge is 0.462 e. The second-order valence-electron chi connectivity index (χ2n) is 4.24. The van der Waals surface area contributed by atoms with E-state index < -0.39 is 30.7 Å². The fourth-order valence-corrected chi connectivity index (χ4v) is 2.64. The molecule has 0 saturated carbocycles. The van der Waals surface area contributed by atoms with E-state index in [0.717, 1.165) is 0 Å². The molecule has 19 heavy (non-hydrogen) atoms. The number of halogens is 2. The maximum atomic E-state index is 9.85. The van der Waals surface area contributed by atoms with E-state index in [-0.39, 0.29) is 0 Å². The molecular weight excluding hydrogens is 386 g/mol. The smallest absolute Gasteiger partial charge is 0.229 e. The maximum absolute atomic E-state index is 9.85. The highest BCUT2D eigenvalue weighted by atomic mass is 127. The van der Waals surface area contributed by atoms with Gasteiger partial charge in [-0.05, 0) is 24.3 Å². The summed E-state index contributed by atoms with van der Waals surface area (Å²) in [5, 5.41) is 29.9. The lowest BCUT2D eigenvalue weighted by Gasteiger charge is -2.39. The van der Waals surface area contributed by atoms with Gasteiger partial charge in [-0.1, -0.05) is 34.2 Å². The molecule has 0 aliphatic carbocycles. The Morgan fingerprint density at radius 2 is 1.74 bits per heavy atom. The van der Waals surface area contributed by atoms with Gasteiger partial charge in [0, 0.05) is 9.45 Å². The predicted molar refractivity (Wildman–Crippen MR) is 77.6 cm³/mol. The van der Waals surface area contributed by atoms with Crippen LogP contribution in [0.15, 0.2) is 24.3 Å². The number of alkyl halides is 1. The number of aliphatic hydroxyl groups excluding tert-OH is 3. The van der Waals surface area contributed by atoms with E-state index in [1.165, 1.54) is 0 Å². The lowest BCUT2D eigenvalue weighted by Crippen LogP contribution is -2.59. The summed E-state index contributed by atoms with van der Waals surface area (Å²) < 4.78 is 11.4. The molecule has 1 aromatic rings. The number of aliphatic hydroxyl groups is 3. The fraction of sp³-hybridized carbons (Fsp3) is 0.500.